The van der Waals surface area contributed by atoms with Crippen molar-refractivity contribution in [2.45, 2.75) is 25.4 Å². The number of nitrogens with one attached hydrogen (secondary N) is 1. The third kappa shape index (κ3) is 3.93. The van der Waals surface area contributed by atoms with Crippen LogP contribution in [0.1, 0.15) is 40.3 Å². The molecule has 31 heavy (non-hydrogen) atoms. The van der Waals surface area contributed by atoms with Crippen molar-refractivity contribution < 1.29 is 17.6 Å². The molecule has 0 saturated heterocycles. The molecule has 0 spiro atoms. The van der Waals surface area contributed by atoms with Crippen LogP contribution in [-0.4, -0.2) is 36.2 Å². The van der Waals surface area contributed by atoms with E-state index >= 15 is 0 Å². The second-order valence-electron chi connectivity index (χ2n) is 7.78. The van der Waals surface area contributed by atoms with Crippen molar-refractivity contribution in [3.8, 4) is 0 Å². The van der Waals surface area contributed by atoms with Gasteiger partial charge in [0.25, 0.3) is 5.91 Å². The van der Waals surface area contributed by atoms with E-state index in [1.807, 2.05) is 6.92 Å². The quantitative estimate of drug-likeness (QED) is 0.659. The van der Waals surface area contributed by atoms with E-state index in [9.17, 15) is 17.6 Å². The molecule has 0 fully saturated rings. The average Bonchev–Trinajstić information content (AvgIpc) is 3.27. The lowest BCUT2D eigenvalue weighted by molar-refractivity contribution is 0.0940. The first-order valence-electron chi connectivity index (χ1n) is 9.81. The molecule has 162 valence electrons. The fourth-order valence-corrected chi connectivity index (χ4v) is 5.37. The number of aryl methyl sites for hydroxylation is 1. The molecule has 1 amide bonds. The summed E-state index contributed by atoms with van der Waals surface area (Å²) in [5, 5.41) is 2.88. The van der Waals surface area contributed by atoms with Gasteiger partial charge >= 0.3 is 0 Å². The lowest BCUT2D eigenvalue weighted by Gasteiger charge is -2.22. The van der Waals surface area contributed by atoms with Crippen molar-refractivity contribution in [1.82, 2.24) is 14.9 Å². The number of rotatable bonds is 5. The van der Waals surface area contributed by atoms with E-state index in [1.165, 1.54) is 16.6 Å². The summed E-state index contributed by atoms with van der Waals surface area (Å²) in [5.41, 5.74) is 2.05. The van der Waals surface area contributed by atoms with Gasteiger partial charge in [-0.2, -0.15) is 0 Å². The molecule has 1 aliphatic heterocycles. The number of fused-ring (bicyclic) bond motifs is 1. The molecule has 1 aromatic heterocycles. The van der Waals surface area contributed by atoms with Gasteiger partial charge in [0, 0.05) is 36.6 Å². The zero-order valence-corrected chi connectivity index (χ0v) is 18.2. The lowest BCUT2D eigenvalue weighted by atomic mass is 10.0. The Bertz CT molecular complexity index is 1260. The zero-order valence-electron chi connectivity index (χ0n) is 17.4. The topological polar surface area (TPSA) is 84.3 Å². The Morgan fingerprint density at radius 2 is 2.00 bits per heavy atom. The van der Waals surface area contributed by atoms with Gasteiger partial charge in [-0.3, -0.25) is 9.10 Å². The summed E-state index contributed by atoms with van der Waals surface area (Å²) < 4.78 is 41.9. The molecule has 0 saturated carbocycles. The molecule has 3 aromatic rings. The molecular weight excluding hydrogens is 419 g/mol. The Morgan fingerprint density at radius 3 is 2.65 bits per heavy atom. The van der Waals surface area contributed by atoms with E-state index in [-0.39, 0.29) is 6.04 Å². The van der Waals surface area contributed by atoms with E-state index in [0.29, 0.717) is 29.1 Å². The fraction of sp³-hybridized carbons (Fsp3) is 0.273. The average molecular weight is 443 g/mol. The van der Waals surface area contributed by atoms with Crippen LogP contribution in [0.5, 0.6) is 0 Å². The Balaban J connectivity index is 1.67. The predicted molar refractivity (Wildman–Crippen MR) is 116 cm³/mol. The lowest BCUT2D eigenvalue weighted by Crippen LogP contribution is -2.34. The first-order chi connectivity index (χ1) is 14.7. The number of benzene rings is 2. The van der Waals surface area contributed by atoms with Crippen LogP contribution in [0.4, 0.5) is 10.1 Å². The van der Waals surface area contributed by atoms with E-state index in [0.717, 1.165) is 5.56 Å². The molecular formula is C22H23FN4O3S. The van der Waals surface area contributed by atoms with Crippen molar-refractivity contribution >= 4 is 21.6 Å². The number of hydrogen-bond donors (Lipinski definition) is 1. The van der Waals surface area contributed by atoms with Gasteiger partial charge in [0.1, 0.15) is 17.7 Å². The monoisotopic (exact) mass is 442 g/mol. The second-order valence-corrected chi connectivity index (χ2v) is 9.64. The zero-order chi connectivity index (χ0) is 22.3. The highest BCUT2D eigenvalue weighted by Crippen LogP contribution is 2.35. The van der Waals surface area contributed by atoms with Gasteiger partial charge in [-0.15, -0.1) is 0 Å². The van der Waals surface area contributed by atoms with Crippen LogP contribution in [0.15, 0.2) is 54.9 Å². The second kappa shape index (κ2) is 7.81. The summed E-state index contributed by atoms with van der Waals surface area (Å²) >= 11 is 0. The molecule has 2 aromatic carbocycles. The number of carbonyl (C=O) groups is 1. The molecule has 2 atom stereocenters. The van der Waals surface area contributed by atoms with Crippen molar-refractivity contribution in [1.29, 1.82) is 0 Å². The molecule has 1 N–H and O–H groups in total. The number of carbonyl (C=O) groups excluding carboxylic acids is 1. The summed E-state index contributed by atoms with van der Waals surface area (Å²) in [6.45, 7) is 1.83. The summed E-state index contributed by atoms with van der Waals surface area (Å²) in [5.74, 6) is -0.344. The van der Waals surface area contributed by atoms with Crippen LogP contribution < -0.4 is 9.62 Å². The third-order valence-corrected chi connectivity index (χ3v) is 6.73. The molecule has 2 heterocycles. The van der Waals surface area contributed by atoms with Crippen molar-refractivity contribution in [3.05, 3.63) is 83.2 Å². The van der Waals surface area contributed by atoms with Crippen LogP contribution in [0.2, 0.25) is 0 Å². The summed E-state index contributed by atoms with van der Waals surface area (Å²) in [4.78, 5) is 17.4. The first kappa shape index (κ1) is 21.0. The molecule has 0 bridgehead atoms. The maximum Gasteiger partial charge on any atom is 0.252 e. The molecule has 9 heteroatoms. The molecule has 0 unspecified atom stereocenters. The summed E-state index contributed by atoms with van der Waals surface area (Å²) in [6.07, 6.45) is 5.00. The smallest absolute Gasteiger partial charge is 0.252 e. The van der Waals surface area contributed by atoms with E-state index in [4.69, 9.17) is 0 Å². The number of sulfonamides is 1. The Morgan fingerprint density at radius 1 is 1.26 bits per heavy atom. The van der Waals surface area contributed by atoms with Gasteiger partial charge in [-0.25, -0.2) is 17.8 Å². The maximum atomic E-state index is 14.5. The molecule has 4 rings (SSSR count). The number of nitrogens with zero attached hydrogens (tertiary/aromatic N) is 3. The maximum absolute atomic E-state index is 14.5. The molecule has 7 nitrogen and oxygen atoms in total. The SMILES string of the molecule is C[C@@H]1Cc2cc(C(=O)N[C@H](c3ccccc3F)c3nccn3C)ccc2N1S(C)(=O)=O. The standard InChI is InChI=1S/C22H23FN4O3S/c1-14-12-16-13-15(8-9-19(16)27(14)31(3,29)30)22(28)25-20(21-24-10-11-26(21)2)17-6-4-5-7-18(17)23/h4-11,13-14,20H,12H2,1-3H3,(H,25,28)/t14-,20-/m1/s1. The van der Waals surface area contributed by atoms with Crippen LogP contribution >= 0.6 is 0 Å². The number of amides is 1. The highest BCUT2D eigenvalue weighted by atomic mass is 32.2. The number of halogens is 1. The fourth-order valence-electron chi connectivity index (χ4n) is 4.11. The van der Waals surface area contributed by atoms with Gasteiger partial charge in [-0.05, 0) is 43.2 Å². The van der Waals surface area contributed by atoms with Crippen molar-refractivity contribution in [3.63, 3.8) is 0 Å². The van der Waals surface area contributed by atoms with Crippen molar-refractivity contribution in [2.24, 2.45) is 7.05 Å². The number of hydrogen-bond acceptors (Lipinski definition) is 4. The minimum absolute atomic E-state index is 0.220. The molecule has 0 aliphatic carbocycles. The van der Waals surface area contributed by atoms with E-state index in [1.54, 1.807) is 60.4 Å². The van der Waals surface area contributed by atoms with E-state index < -0.39 is 27.8 Å². The number of imidazole rings is 1. The van der Waals surface area contributed by atoms with Gasteiger partial charge in [0.15, 0.2) is 0 Å². The van der Waals surface area contributed by atoms with Crippen LogP contribution in [0.3, 0.4) is 0 Å². The van der Waals surface area contributed by atoms with Crippen LogP contribution in [0.25, 0.3) is 0 Å². The summed E-state index contributed by atoms with van der Waals surface area (Å²) in [6, 6.07) is 10.2. The van der Waals surface area contributed by atoms with Gasteiger partial charge in [0.05, 0.1) is 11.9 Å². The highest BCUT2D eigenvalue weighted by molar-refractivity contribution is 7.92. The Kier molecular flexibility index (Phi) is 5.30. The molecule has 1 aliphatic rings. The first-order valence-corrected chi connectivity index (χ1v) is 11.7. The van der Waals surface area contributed by atoms with Crippen molar-refractivity contribution in [2.75, 3.05) is 10.6 Å². The van der Waals surface area contributed by atoms with Crippen LogP contribution in [-0.2, 0) is 23.5 Å². The minimum Gasteiger partial charge on any atom is -0.338 e. The Labute approximate surface area is 180 Å². The minimum atomic E-state index is -3.41. The van der Waals surface area contributed by atoms with Gasteiger partial charge in [-0.1, -0.05) is 18.2 Å². The van der Waals surface area contributed by atoms with Gasteiger partial charge < -0.3 is 9.88 Å². The third-order valence-electron chi connectivity index (χ3n) is 5.46. The predicted octanol–water partition coefficient (Wildman–Crippen LogP) is 2.79. The largest absolute Gasteiger partial charge is 0.338 e. The summed E-state index contributed by atoms with van der Waals surface area (Å²) in [7, 11) is -1.64. The highest BCUT2D eigenvalue weighted by Gasteiger charge is 2.33. The van der Waals surface area contributed by atoms with E-state index in [2.05, 4.69) is 10.3 Å². The molecule has 0 radical (unpaired) electrons. The normalized spacial score (nSPS) is 16.8. The number of aromatic nitrogens is 2. The number of anilines is 1. The Hall–Kier alpha value is -3.20. The van der Waals surface area contributed by atoms with Crippen LogP contribution in [0, 0.1) is 5.82 Å². The van der Waals surface area contributed by atoms with Gasteiger partial charge in [0.2, 0.25) is 10.0 Å².